The average Bonchev–Trinajstić information content (AvgIpc) is 2.65. The van der Waals surface area contributed by atoms with Crippen molar-refractivity contribution in [1.82, 2.24) is 4.90 Å². The number of ketones is 1. The summed E-state index contributed by atoms with van der Waals surface area (Å²) in [5.74, 6) is 0.458. The van der Waals surface area contributed by atoms with Crippen molar-refractivity contribution >= 4 is 5.78 Å². The number of piperidine rings is 1. The van der Waals surface area contributed by atoms with Crippen LogP contribution >= 0.6 is 0 Å². The Morgan fingerprint density at radius 3 is 2.14 bits per heavy atom. The Hall–Kier alpha value is -1.93. The van der Waals surface area contributed by atoms with E-state index >= 15 is 0 Å². The molecule has 1 saturated heterocycles. The van der Waals surface area contributed by atoms with Crippen LogP contribution in [-0.4, -0.2) is 29.8 Å². The zero-order chi connectivity index (χ0) is 20.7. The van der Waals surface area contributed by atoms with Crippen LogP contribution in [0.25, 0.3) is 0 Å². The molecule has 0 N–H and O–H groups in total. The maximum atomic E-state index is 13.3. The highest BCUT2D eigenvalue weighted by molar-refractivity contribution is 6.10. The van der Waals surface area contributed by atoms with Crippen LogP contribution in [0, 0.1) is 10.8 Å². The van der Waals surface area contributed by atoms with E-state index in [9.17, 15) is 4.79 Å². The molecule has 2 heteroatoms. The third kappa shape index (κ3) is 3.12. The van der Waals surface area contributed by atoms with Gasteiger partial charge in [0, 0.05) is 16.7 Å². The normalized spacial score (nSPS) is 25.5. The van der Waals surface area contributed by atoms with Crippen molar-refractivity contribution in [2.45, 2.75) is 59.4 Å². The molecule has 0 radical (unpaired) electrons. The Morgan fingerprint density at radius 1 is 0.964 bits per heavy atom. The molecule has 0 saturated carbocycles. The zero-order valence-electron chi connectivity index (χ0n) is 18.5. The average molecular weight is 378 g/mol. The minimum Gasteiger partial charge on any atom is -0.300 e. The lowest BCUT2D eigenvalue weighted by Gasteiger charge is -2.63. The van der Waals surface area contributed by atoms with Crippen LogP contribution in [0.5, 0.6) is 0 Å². The van der Waals surface area contributed by atoms with Gasteiger partial charge in [-0.05, 0) is 49.2 Å². The maximum absolute atomic E-state index is 13.3. The highest BCUT2D eigenvalue weighted by atomic mass is 16.1. The molecule has 1 aliphatic heterocycles. The fourth-order valence-electron chi connectivity index (χ4n) is 5.57. The second-order valence-electron chi connectivity index (χ2n) is 10.1. The predicted molar refractivity (Wildman–Crippen MR) is 118 cm³/mol. The van der Waals surface area contributed by atoms with E-state index in [4.69, 9.17) is 0 Å². The standard InChI is InChI=1S/C26H35NO/c1-24(2,3)26(6)25(4,5)22(17-18-27(26)7)20-15-11-12-16-21(20)23(28)19-13-9-8-10-14-19/h8-16,22H,17-18H2,1-7H3. The van der Waals surface area contributed by atoms with Crippen LogP contribution in [0.15, 0.2) is 54.6 Å². The Balaban J connectivity index is 2.11. The highest BCUT2D eigenvalue weighted by Crippen LogP contribution is 2.58. The number of nitrogens with zero attached hydrogens (tertiary/aromatic N) is 1. The lowest BCUT2D eigenvalue weighted by atomic mass is 9.51. The molecule has 0 aromatic heterocycles. The van der Waals surface area contributed by atoms with Gasteiger partial charge in [-0.25, -0.2) is 0 Å². The van der Waals surface area contributed by atoms with Crippen LogP contribution < -0.4 is 0 Å². The SMILES string of the molecule is CN1CCC(c2ccccc2C(=O)c2ccccc2)C(C)(C)C1(C)C(C)(C)C. The molecule has 2 aromatic rings. The summed E-state index contributed by atoms with van der Waals surface area (Å²) in [6, 6.07) is 17.9. The Kier molecular flexibility index (Phi) is 5.31. The second kappa shape index (κ2) is 7.15. The fraction of sp³-hybridized carbons (Fsp3) is 0.500. The Bertz CT molecular complexity index is 846. The first kappa shape index (κ1) is 20.8. The zero-order valence-corrected chi connectivity index (χ0v) is 18.5. The van der Waals surface area contributed by atoms with Crippen LogP contribution in [0.3, 0.4) is 0 Å². The third-order valence-electron chi connectivity index (χ3n) is 7.72. The first-order chi connectivity index (χ1) is 13.0. The number of benzene rings is 2. The summed E-state index contributed by atoms with van der Waals surface area (Å²) in [6.07, 6.45) is 1.06. The lowest BCUT2D eigenvalue weighted by molar-refractivity contribution is -0.111. The molecule has 2 atom stereocenters. The van der Waals surface area contributed by atoms with Crippen molar-refractivity contribution in [1.29, 1.82) is 0 Å². The molecule has 2 aromatic carbocycles. The Morgan fingerprint density at radius 2 is 1.54 bits per heavy atom. The van der Waals surface area contributed by atoms with Crippen molar-refractivity contribution in [2.75, 3.05) is 13.6 Å². The number of likely N-dealkylation sites (tertiary alicyclic amines) is 1. The van der Waals surface area contributed by atoms with Gasteiger partial charge in [0.2, 0.25) is 0 Å². The third-order valence-corrected chi connectivity index (χ3v) is 7.72. The van der Waals surface area contributed by atoms with E-state index in [1.54, 1.807) is 0 Å². The Labute approximate surface area is 171 Å². The summed E-state index contributed by atoms with van der Waals surface area (Å²) in [7, 11) is 2.25. The van der Waals surface area contributed by atoms with E-state index in [-0.39, 0.29) is 22.2 Å². The molecule has 2 nitrogen and oxygen atoms in total. The molecule has 28 heavy (non-hydrogen) atoms. The van der Waals surface area contributed by atoms with Crippen LogP contribution in [0.2, 0.25) is 0 Å². The summed E-state index contributed by atoms with van der Waals surface area (Å²) in [6.45, 7) is 15.2. The van der Waals surface area contributed by atoms with E-state index in [1.165, 1.54) is 5.56 Å². The smallest absolute Gasteiger partial charge is 0.193 e. The number of carbonyl (C=O) groups is 1. The molecule has 150 valence electrons. The molecule has 1 aliphatic rings. The summed E-state index contributed by atoms with van der Waals surface area (Å²) in [5.41, 5.74) is 2.94. The van der Waals surface area contributed by atoms with Crippen LogP contribution in [-0.2, 0) is 0 Å². The number of hydrogen-bond donors (Lipinski definition) is 0. The van der Waals surface area contributed by atoms with Gasteiger partial charge in [0.25, 0.3) is 0 Å². The van der Waals surface area contributed by atoms with Crippen molar-refractivity contribution in [3.63, 3.8) is 0 Å². The molecule has 0 aliphatic carbocycles. The van der Waals surface area contributed by atoms with Gasteiger partial charge >= 0.3 is 0 Å². The van der Waals surface area contributed by atoms with Gasteiger partial charge in [0.1, 0.15) is 0 Å². The van der Waals surface area contributed by atoms with Gasteiger partial charge in [0.05, 0.1) is 0 Å². The van der Waals surface area contributed by atoms with E-state index in [0.29, 0.717) is 5.92 Å². The molecular weight excluding hydrogens is 342 g/mol. The van der Waals surface area contributed by atoms with E-state index in [0.717, 1.165) is 24.1 Å². The van der Waals surface area contributed by atoms with Gasteiger partial charge < -0.3 is 0 Å². The summed E-state index contributed by atoms with van der Waals surface area (Å²) in [4.78, 5) is 15.9. The summed E-state index contributed by atoms with van der Waals surface area (Å²) < 4.78 is 0. The largest absolute Gasteiger partial charge is 0.300 e. The van der Waals surface area contributed by atoms with Crippen molar-refractivity contribution in [3.05, 3.63) is 71.3 Å². The first-order valence-corrected chi connectivity index (χ1v) is 10.4. The maximum Gasteiger partial charge on any atom is 0.193 e. The molecular formula is C26H35NO. The van der Waals surface area contributed by atoms with Crippen molar-refractivity contribution < 1.29 is 4.79 Å². The molecule has 0 amide bonds. The molecule has 0 spiro atoms. The molecule has 1 heterocycles. The second-order valence-corrected chi connectivity index (χ2v) is 10.1. The molecule has 2 unspecified atom stereocenters. The number of rotatable bonds is 3. The first-order valence-electron chi connectivity index (χ1n) is 10.4. The van der Waals surface area contributed by atoms with Crippen LogP contribution in [0.1, 0.15) is 75.4 Å². The van der Waals surface area contributed by atoms with Gasteiger partial charge in [-0.2, -0.15) is 0 Å². The number of carbonyl (C=O) groups excluding carboxylic acids is 1. The lowest BCUT2D eigenvalue weighted by Crippen LogP contribution is -2.66. The van der Waals surface area contributed by atoms with Gasteiger partial charge in [-0.15, -0.1) is 0 Å². The molecule has 3 rings (SSSR count). The van der Waals surface area contributed by atoms with Crippen LogP contribution in [0.4, 0.5) is 0 Å². The minimum atomic E-state index is 0.00528. The fourth-order valence-corrected chi connectivity index (χ4v) is 5.57. The highest BCUT2D eigenvalue weighted by Gasteiger charge is 2.57. The van der Waals surface area contributed by atoms with E-state index in [2.05, 4.69) is 65.6 Å². The minimum absolute atomic E-state index is 0.00528. The van der Waals surface area contributed by atoms with E-state index < -0.39 is 0 Å². The van der Waals surface area contributed by atoms with Crippen molar-refractivity contribution in [2.24, 2.45) is 10.8 Å². The van der Waals surface area contributed by atoms with Gasteiger partial charge in [-0.1, -0.05) is 89.2 Å². The van der Waals surface area contributed by atoms with Gasteiger partial charge in [0.15, 0.2) is 5.78 Å². The monoisotopic (exact) mass is 377 g/mol. The van der Waals surface area contributed by atoms with Gasteiger partial charge in [-0.3, -0.25) is 9.69 Å². The van der Waals surface area contributed by atoms with E-state index in [1.807, 2.05) is 42.5 Å². The summed E-state index contributed by atoms with van der Waals surface area (Å²) in [5, 5.41) is 0. The number of hydrogen-bond acceptors (Lipinski definition) is 2. The summed E-state index contributed by atoms with van der Waals surface area (Å²) >= 11 is 0. The van der Waals surface area contributed by atoms with Crippen molar-refractivity contribution in [3.8, 4) is 0 Å². The molecule has 0 bridgehead atoms. The molecule has 1 fully saturated rings. The topological polar surface area (TPSA) is 20.3 Å². The predicted octanol–water partition coefficient (Wildman–Crippen LogP) is 6.17. The quantitative estimate of drug-likeness (QED) is 0.596.